The van der Waals surface area contributed by atoms with Gasteiger partial charge in [0.05, 0.1) is 23.2 Å². The van der Waals surface area contributed by atoms with Gasteiger partial charge in [-0.05, 0) is 24.6 Å². The van der Waals surface area contributed by atoms with Crippen LogP contribution < -0.4 is 0 Å². The van der Waals surface area contributed by atoms with Gasteiger partial charge in [0.25, 0.3) is 0 Å². The quantitative estimate of drug-likeness (QED) is 0.690. The standard InChI is InChI=1S/C19H18N4O/c1-12-6-8-13(9-7-12)10-23-11-16(24)17(18(23)20)19-21-14-4-2-3-5-15(14)22-19/h2-9,20,24H,10-11H2,1H3,(H,21,22). The molecule has 0 bridgehead atoms. The Bertz CT molecular complexity index is 920. The minimum atomic E-state index is 0.186. The maximum Gasteiger partial charge on any atom is 0.145 e. The Morgan fingerprint density at radius 3 is 2.67 bits per heavy atom. The van der Waals surface area contributed by atoms with Gasteiger partial charge >= 0.3 is 0 Å². The second-order valence-corrected chi connectivity index (χ2v) is 6.11. The smallest absolute Gasteiger partial charge is 0.145 e. The first-order chi connectivity index (χ1) is 11.6. The molecule has 5 nitrogen and oxygen atoms in total. The molecule has 2 aromatic carbocycles. The average molecular weight is 318 g/mol. The van der Waals surface area contributed by atoms with Crippen LogP contribution in [0.15, 0.2) is 54.3 Å². The molecule has 24 heavy (non-hydrogen) atoms. The van der Waals surface area contributed by atoms with Crippen molar-refractivity contribution >= 4 is 22.4 Å². The summed E-state index contributed by atoms with van der Waals surface area (Å²) in [6.45, 7) is 2.97. The zero-order valence-corrected chi connectivity index (χ0v) is 13.4. The maximum absolute atomic E-state index is 10.4. The molecule has 1 aliphatic heterocycles. The summed E-state index contributed by atoms with van der Waals surface area (Å²) < 4.78 is 0. The topological polar surface area (TPSA) is 76.0 Å². The number of H-pyrrole nitrogens is 1. The number of aromatic nitrogens is 2. The van der Waals surface area contributed by atoms with E-state index in [-0.39, 0.29) is 5.76 Å². The number of amidine groups is 1. The fourth-order valence-electron chi connectivity index (χ4n) is 3.00. The van der Waals surface area contributed by atoms with Crippen LogP contribution in [-0.4, -0.2) is 32.4 Å². The molecule has 2 heterocycles. The molecule has 4 rings (SSSR count). The summed E-state index contributed by atoms with van der Waals surface area (Å²) >= 11 is 0. The number of hydrogen-bond donors (Lipinski definition) is 3. The van der Waals surface area contributed by atoms with Crippen LogP contribution in [0.3, 0.4) is 0 Å². The molecule has 5 heteroatoms. The molecule has 0 radical (unpaired) electrons. The average Bonchev–Trinajstić information content (AvgIpc) is 3.10. The van der Waals surface area contributed by atoms with E-state index in [0.717, 1.165) is 16.6 Å². The lowest BCUT2D eigenvalue weighted by molar-refractivity contribution is 0.347. The number of aliphatic hydroxyl groups is 1. The van der Waals surface area contributed by atoms with Crippen LogP contribution >= 0.6 is 0 Å². The lowest BCUT2D eigenvalue weighted by Crippen LogP contribution is -2.26. The van der Waals surface area contributed by atoms with E-state index in [4.69, 9.17) is 5.41 Å². The molecule has 0 saturated carbocycles. The summed E-state index contributed by atoms with van der Waals surface area (Å²) in [4.78, 5) is 9.55. The first-order valence-electron chi connectivity index (χ1n) is 7.88. The Balaban J connectivity index is 1.61. The maximum atomic E-state index is 10.4. The van der Waals surface area contributed by atoms with E-state index in [1.54, 1.807) is 0 Å². The van der Waals surface area contributed by atoms with E-state index in [1.165, 1.54) is 5.56 Å². The largest absolute Gasteiger partial charge is 0.510 e. The highest BCUT2D eigenvalue weighted by Gasteiger charge is 2.30. The monoisotopic (exact) mass is 318 g/mol. The molecule has 1 aliphatic rings. The van der Waals surface area contributed by atoms with Crippen molar-refractivity contribution in [2.24, 2.45) is 0 Å². The zero-order valence-electron chi connectivity index (χ0n) is 13.4. The minimum absolute atomic E-state index is 0.186. The molecule has 0 aliphatic carbocycles. The van der Waals surface area contributed by atoms with Gasteiger partial charge in [-0.1, -0.05) is 42.0 Å². The summed E-state index contributed by atoms with van der Waals surface area (Å²) in [5.41, 5.74) is 4.54. The molecule has 0 saturated heterocycles. The van der Waals surface area contributed by atoms with Gasteiger partial charge in [0.15, 0.2) is 0 Å². The van der Waals surface area contributed by atoms with Crippen molar-refractivity contribution in [2.75, 3.05) is 6.54 Å². The van der Waals surface area contributed by atoms with E-state index in [9.17, 15) is 5.11 Å². The number of aromatic amines is 1. The number of nitrogens with one attached hydrogen (secondary N) is 2. The summed E-state index contributed by atoms with van der Waals surface area (Å²) in [6.07, 6.45) is 0. The van der Waals surface area contributed by atoms with Gasteiger partial charge in [0, 0.05) is 6.54 Å². The third-order valence-electron chi connectivity index (χ3n) is 4.30. The third kappa shape index (κ3) is 2.44. The molecule has 0 fully saturated rings. The van der Waals surface area contributed by atoms with Crippen LogP contribution in [0.4, 0.5) is 0 Å². The van der Waals surface area contributed by atoms with E-state index in [2.05, 4.69) is 41.2 Å². The number of benzene rings is 2. The number of para-hydroxylation sites is 2. The highest BCUT2D eigenvalue weighted by molar-refractivity contribution is 6.23. The lowest BCUT2D eigenvalue weighted by atomic mass is 10.1. The van der Waals surface area contributed by atoms with E-state index < -0.39 is 0 Å². The van der Waals surface area contributed by atoms with E-state index in [1.807, 2.05) is 29.2 Å². The number of fused-ring (bicyclic) bond motifs is 1. The second-order valence-electron chi connectivity index (χ2n) is 6.11. The highest BCUT2D eigenvalue weighted by Crippen LogP contribution is 2.28. The Hall–Kier alpha value is -3.08. The van der Waals surface area contributed by atoms with Gasteiger partial charge in [0.1, 0.15) is 17.4 Å². The minimum Gasteiger partial charge on any atom is -0.510 e. The van der Waals surface area contributed by atoms with Crippen LogP contribution in [0.5, 0.6) is 0 Å². The fourth-order valence-corrected chi connectivity index (χ4v) is 3.00. The lowest BCUT2D eigenvalue weighted by Gasteiger charge is -2.18. The number of rotatable bonds is 3. The van der Waals surface area contributed by atoms with Crippen molar-refractivity contribution in [3.8, 4) is 0 Å². The molecule has 0 unspecified atom stereocenters. The number of nitrogens with zero attached hydrogens (tertiary/aromatic N) is 2. The molecule has 3 N–H and O–H groups in total. The Labute approximate surface area is 139 Å². The molecule has 120 valence electrons. The predicted octanol–water partition coefficient (Wildman–Crippen LogP) is 3.63. The molecule has 3 aromatic rings. The van der Waals surface area contributed by atoms with Crippen molar-refractivity contribution in [2.45, 2.75) is 13.5 Å². The SMILES string of the molecule is Cc1ccc(CN2CC(O)=C(c3nc4ccccc4[nH]3)C2=N)cc1. The Kier molecular flexibility index (Phi) is 3.34. The van der Waals surface area contributed by atoms with E-state index >= 15 is 0 Å². The first kappa shape index (κ1) is 14.5. The third-order valence-corrected chi connectivity index (χ3v) is 4.30. The predicted molar refractivity (Wildman–Crippen MR) is 95.0 cm³/mol. The second kappa shape index (κ2) is 5.53. The zero-order chi connectivity index (χ0) is 16.7. The van der Waals surface area contributed by atoms with Gasteiger partial charge in [-0.3, -0.25) is 5.41 Å². The van der Waals surface area contributed by atoms with Crippen LogP contribution in [-0.2, 0) is 6.54 Å². The molecule has 0 spiro atoms. The Morgan fingerprint density at radius 2 is 1.92 bits per heavy atom. The molecule has 1 aromatic heterocycles. The van der Waals surface area contributed by atoms with Gasteiger partial charge in [-0.25, -0.2) is 4.98 Å². The van der Waals surface area contributed by atoms with Crippen LogP contribution in [0.1, 0.15) is 17.0 Å². The summed E-state index contributed by atoms with van der Waals surface area (Å²) in [7, 11) is 0. The van der Waals surface area contributed by atoms with Gasteiger partial charge in [0.2, 0.25) is 0 Å². The van der Waals surface area contributed by atoms with Crippen LogP contribution in [0.2, 0.25) is 0 Å². The van der Waals surface area contributed by atoms with Crippen molar-refractivity contribution in [1.82, 2.24) is 14.9 Å². The Morgan fingerprint density at radius 1 is 1.17 bits per heavy atom. The van der Waals surface area contributed by atoms with Gasteiger partial charge < -0.3 is 15.0 Å². The van der Waals surface area contributed by atoms with Crippen LogP contribution in [0.25, 0.3) is 16.6 Å². The summed E-state index contributed by atoms with van der Waals surface area (Å²) in [6, 6.07) is 15.9. The number of aryl methyl sites for hydroxylation is 1. The van der Waals surface area contributed by atoms with Crippen molar-refractivity contribution in [3.05, 3.63) is 71.2 Å². The summed E-state index contributed by atoms with van der Waals surface area (Å²) in [5, 5.41) is 18.8. The van der Waals surface area contributed by atoms with Crippen molar-refractivity contribution in [3.63, 3.8) is 0 Å². The van der Waals surface area contributed by atoms with Crippen LogP contribution in [0, 0.1) is 12.3 Å². The van der Waals surface area contributed by atoms with Gasteiger partial charge in [-0.2, -0.15) is 0 Å². The first-order valence-corrected chi connectivity index (χ1v) is 7.88. The van der Waals surface area contributed by atoms with Crippen molar-refractivity contribution < 1.29 is 5.11 Å². The number of imidazole rings is 1. The normalized spacial score (nSPS) is 14.9. The van der Waals surface area contributed by atoms with Crippen molar-refractivity contribution in [1.29, 1.82) is 5.41 Å². The molecule has 0 amide bonds. The number of aliphatic hydroxyl groups excluding tert-OH is 1. The van der Waals surface area contributed by atoms with E-state index in [0.29, 0.717) is 30.3 Å². The van der Waals surface area contributed by atoms with Gasteiger partial charge in [-0.15, -0.1) is 0 Å². The molecule has 0 atom stereocenters. The highest BCUT2D eigenvalue weighted by atomic mass is 16.3. The number of hydrogen-bond acceptors (Lipinski definition) is 3. The molecular weight excluding hydrogens is 300 g/mol. The summed E-state index contributed by atoms with van der Waals surface area (Å²) in [5.74, 6) is 1.03. The molecular formula is C19H18N4O. The fraction of sp³-hybridized carbons (Fsp3) is 0.158.